The highest BCUT2D eigenvalue weighted by molar-refractivity contribution is 6.05. The number of hydrogen-bond acceptors (Lipinski definition) is 3. The van der Waals surface area contributed by atoms with Gasteiger partial charge in [-0.25, -0.2) is 0 Å². The van der Waals surface area contributed by atoms with Gasteiger partial charge in [0, 0.05) is 6.54 Å². The lowest BCUT2D eigenvalue weighted by Crippen LogP contribution is -2.45. The number of amides is 2. The number of carbonyl (C=O) groups excluding carboxylic acids is 2. The Balaban J connectivity index is 1.74. The lowest BCUT2D eigenvalue weighted by atomic mass is 9.80. The van der Waals surface area contributed by atoms with Crippen LogP contribution in [0.25, 0.3) is 0 Å². The highest BCUT2D eigenvalue weighted by Gasteiger charge is 2.48. The predicted octanol–water partition coefficient (Wildman–Crippen LogP) is 1.33. The van der Waals surface area contributed by atoms with Crippen molar-refractivity contribution in [1.29, 1.82) is 0 Å². The molecule has 0 aromatic carbocycles. The fourth-order valence-corrected chi connectivity index (χ4v) is 3.59. The SMILES string of the molecule is CC1(CN2C(=O)C3CC=CCC3C2=O)CCNCC1. The number of likely N-dealkylation sites (tertiary alicyclic amines) is 1. The summed E-state index contributed by atoms with van der Waals surface area (Å²) in [5, 5.41) is 3.34. The minimum absolute atomic E-state index is 0.0686. The van der Waals surface area contributed by atoms with Gasteiger partial charge in [0.05, 0.1) is 11.8 Å². The summed E-state index contributed by atoms with van der Waals surface area (Å²) in [6, 6.07) is 0. The molecule has 104 valence electrons. The van der Waals surface area contributed by atoms with Gasteiger partial charge in [-0.05, 0) is 44.2 Å². The topological polar surface area (TPSA) is 49.4 Å². The summed E-state index contributed by atoms with van der Waals surface area (Å²) in [5.74, 6) is -0.0242. The Morgan fingerprint density at radius 2 is 1.68 bits per heavy atom. The van der Waals surface area contributed by atoms with E-state index >= 15 is 0 Å². The molecule has 0 bridgehead atoms. The van der Waals surface area contributed by atoms with E-state index in [2.05, 4.69) is 12.2 Å². The third-order valence-electron chi connectivity index (χ3n) is 4.95. The molecule has 2 heterocycles. The number of nitrogens with zero attached hydrogens (tertiary/aromatic N) is 1. The zero-order valence-corrected chi connectivity index (χ0v) is 11.5. The van der Waals surface area contributed by atoms with Crippen LogP contribution in [0.15, 0.2) is 12.2 Å². The fourth-order valence-electron chi connectivity index (χ4n) is 3.59. The Morgan fingerprint density at radius 3 is 2.21 bits per heavy atom. The first kappa shape index (κ1) is 12.9. The van der Waals surface area contributed by atoms with Crippen LogP contribution in [0, 0.1) is 17.3 Å². The number of nitrogens with one attached hydrogen (secondary N) is 1. The molecule has 0 saturated carbocycles. The second kappa shape index (κ2) is 4.75. The summed E-state index contributed by atoms with van der Waals surface area (Å²) in [6.07, 6.45) is 7.65. The third-order valence-corrected chi connectivity index (χ3v) is 4.95. The number of fused-ring (bicyclic) bond motifs is 1. The molecular weight excluding hydrogens is 240 g/mol. The molecule has 4 heteroatoms. The van der Waals surface area contributed by atoms with Crippen molar-refractivity contribution in [2.24, 2.45) is 17.3 Å². The molecule has 4 nitrogen and oxygen atoms in total. The normalized spacial score (nSPS) is 33.6. The fraction of sp³-hybridized carbons (Fsp3) is 0.733. The van der Waals surface area contributed by atoms with Gasteiger partial charge < -0.3 is 5.32 Å². The van der Waals surface area contributed by atoms with Crippen molar-refractivity contribution < 1.29 is 9.59 Å². The summed E-state index contributed by atoms with van der Waals surface area (Å²) < 4.78 is 0. The molecule has 2 fully saturated rings. The monoisotopic (exact) mass is 262 g/mol. The van der Waals surface area contributed by atoms with Crippen LogP contribution in [0.1, 0.15) is 32.6 Å². The van der Waals surface area contributed by atoms with Crippen LogP contribution < -0.4 is 5.32 Å². The molecule has 3 aliphatic rings. The van der Waals surface area contributed by atoms with Gasteiger partial charge in [-0.3, -0.25) is 14.5 Å². The van der Waals surface area contributed by atoms with Gasteiger partial charge in [-0.2, -0.15) is 0 Å². The van der Waals surface area contributed by atoms with Gasteiger partial charge in [0.1, 0.15) is 0 Å². The van der Waals surface area contributed by atoms with E-state index in [9.17, 15) is 9.59 Å². The smallest absolute Gasteiger partial charge is 0.233 e. The van der Waals surface area contributed by atoms with E-state index in [-0.39, 0.29) is 29.1 Å². The Kier molecular flexibility index (Phi) is 3.21. The quantitative estimate of drug-likeness (QED) is 0.603. The number of imide groups is 1. The molecule has 1 N–H and O–H groups in total. The van der Waals surface area contributed by atoms with Crippen molar-refractivity contribution >= 4 is 11.8 Å². The van der Waals surface area contributed by atoms with Gasteiger partial charge in [0.15, 0.2) is 0 Å². The largest absolute Gasteiger partial charge is 0.317 e. The lowest BCUT2D eigenvalue weighted by Gasteiger charge is -2.36. The highest BCUT2D eigenvalue weighted by Crippen LogP contribution is 2.38. The maximum atomic E-state index is 12.4. The Morgan fingerprint density at radius 1 is 1.16 bits per heavy atom. The minimum Gasteiger partial charge on any atom is -0.317 e. The molecule has 0 spiro atoms. The molecule has 0 radical (unpaired) electrons. The van der Waals surface area contributed by atoms with Crippen molar-refractivity contribution in [3.8, 4) is 0 Å². The molecule has 2 aliphatic heterocycles. The van der Waals surface area contributed by atoms with Crippen LogP contribution in [-0.4, -0.2) is 36.3 Å². The Hall–Kier alpha value is -1.16. The summed E-state index contributed by atoms with van der Waals surface area (Å²) in [6.45, 7) is 4.79. The van der Waals surface area contributed by atoms with Crippen molar-refractivity contribution in [2.45, 2.75) is 32.6 Å². The van der Waals surface area contributed by atoms with E-state index in [4.69, 9.17) is 0 Å². The standard InChI is InChI=1S/C15H22N2O2/c1-15(6-8-16-9-7-15)10-17-13(18)11-4-2-3-5-12(11)14(17)19/h2-3,11-12,16H,4-10H2,1H3. The number of hydrogen-bond donors (Lipinski definition) is 1. The van der Waals surface area contributed by atoms with Crippen LogP contribution >= 0.6 is 0 Å². The van der Waals surface area contributed by atoms with E-state index in [1.54, 1.807) is 4.90 Å². The molecule has 2 saturated heterocycles. The van der Waals surface area contributed by atoms with Crippen molar-refractivity contribution in [2.75, 3.05) is 19.6 Å². The second-order valence-electron chi connectivity index (χ2n) is 6.48. The Labute approximate surface area is 114 Å². The van der Waals surface area contributed by atoms with E-state index in [1.165, 1.54) is 0 Å². The van der Waals surface area contributed by atoms with Gasteiger partial charge in [-0.15, -0.1) is 0 Å². The number of rotatable bonds is 2. The van der Waals surface area contributed by atoms with Crippen LogP contribution in [0.4, 0.5) is 0 Å². The third kappa shape index (κ3) is 2.22. The van der Waals surface area contributed by atoms with Crippen LogP contribution in [0.5, 0.6) is 0 Å². The van der Waals surface area contributed by atoms with E-state index in [0.29, 0.717) is 6.54 Å². The second-order valence-corrected chi connectivity index (χ2v) is 6.48. The van der Waals surface area contributed by atoms with Gasteiger partial charge in [0.25, 0.3) is 0 Å². The van der Waals surface area contributed by atoms with Gasteiger partial charge in [-0.1, -0.05) is 19.1 Å². The summed E-state index contributed by atoms with van der Waals surface area (Å²) in [4.78, 5) is 26.4. The molecule has 3 rings (SSSR count). The predicted molar refractivity (Wildman–Crippen MR) is 72.3 cm³/mol. The van der Waals surface area contributed by atoms with E-state index < -0.39 is 0 Å². The summed E-state index contributed by atoms with van der Waals surface area (Å²) in [7, 11) is 0. The zero-order chi connectivity index (χ0) is 13.5. The Bertz CT molecular complexity index is 398. The lowest BCUT2D eigenvalue weighted by molar-refractivity contribution is -0.142. The zero-order valence-electron chi connectivity index (χ0n) is 11.5. The first-order valence-corrected chi connectivity index (χ1v) is 7.32. The molecular formula is C15H22N2O2. The van der Waals surface area contributed by atoms with Crippen LogP contribution in [0.2, 0.25) is 0 Å². The van der Waals surface area contributed by atoms with Crippen molar-refractivity contribution in [3.05, 3.63) is 12.2 Å². The van der Waals surface area contributed by atoms with Crippen molar-refractivity contribution in [1.82, 2.24) is 10.2 Å². The van der Waals surface area contributed by atoms with Crippen LogP contribution in [-0.2, 0) is 9.59 Å². The molecule has 2 atom stereocenters. The molecule has 2 unspecified atom stereocenters. The first-order chi connectivity index (χ1) is 9.11. The van der Waals surface area contributed by atoms with Crippen molar-refractivity contribution in [3.63, 3.8) is 0 Å². The number of carbonyl (C=O) groups is 2. The molecule has 0 aromatic rings. The van der Waals surface area contributed by atoms with E-state index in [0.717, 1.165) is 38.8 Å². The maximum Gasteiger partial charge on any atom is 0.233 e. The maximum absolute atomic E-state index is 12.4. The van der Waals surface area contributed by atoms with Crippen LogP contribution in [0.3, 0.4) is 0 Å². The molecule has 1 aliphatic carbocycles. The van der Waals surface area contributed by atoms with Gasteiger partial charge >= 0.3 is 0 Å². The average Bonchev–Trinajstić information content (AvgIpc) is 2.65. The summed E-state index contributed by atoms with van der Waals surface area (Å²) in [5.41, 5.74) is 0.0947. The minimum atomic E-state index is -0.0807. The molecule has 2 amide bonds. The van der Waals surface area contributed by atoms with Gasteiger partial charge in [0.2, 0.25) is 11.8 Å². The highest BCUT2D eigenvalue weighted by atomic mass is 16.2. The molecule has 0 aromatic heterocycles. The van der Waals surface area contributed by atoms with E-state index in [1.807, 2.05) is 12.2 Å². The summed E-state index contributed by atoms with van der Waals surface area (Å²) >= 11 is 0. The first-order valence-electron chi connectivity index (χ1n) is 7.32. The number of piperidine rings is 1. The number of allylic oxidation sites excluding steroid dienone is 2. The molecule has 19 heavy (non-hydrogen) atoms. The average molecular weight is 262 g/mol.